The molecule has 0 aliphatic carbocycles. The Morgan fingerprint density at radius 2 is 2.33 bits per heavy atom. The highest BCUT2D eigenvalue weighted by atomic mass is 16.5. The molecule has 7 nitrogen and oxygen atoms in total. The average Bonchev–Trinajstić information content (AvgIpc) is 3.06. The molecule has 3 aromatic rings. The second-order valence-electron chi connectivity index (χ2n) is 4.73. The van der Waals surface area contributed by atoms with Crippen molar-refractivity contribution in [1.29, 1.82) is 0 Å². The lowest BCUT2D eigenvalue weighted by Gasteiger charge is -2.01. The van der Waals surface area contributed by atoms with Crippen molar-refractivity contribution in [2.24, 2.45) is 0 Å². The van der Waals surface area contributed by atoms with Gasteiger partial charge in [0.2, 0.25) is 5.89 Å². The fraction of sp³-hybridized carbons (Fsp3) is 0.214. The van der Waals surface area contributed by atoms with E-state index in [2.05, 4.69) is 20.4 Å². The molecule has 3 rings (SSSR count). The molecule has 0 bridgehead atoms. The van der Waals surface area contributed by atoms with Crippen molar-refractivity contribution >= 4 is 22.5 Å². The van der Waals surface area contributed by atoms with Crippen LogP contribution < -0.4 is 11.1 Å². The van der Waals surface area contributed by atoms with Gasteiger partial charge in [-0.15, -0.1) is 0 Å². The molecule has 2 heterocycles. The topological polar surface area (TPSA) is 110 Å². The van der Waals surface area contributed by atoms with Crippen LogP contribution in [0.5, 0.6) is 0 Å². The SMILES string of the molecule is Cc1nc(CCNC(=O)c2cc3cccc(N)c3[nH]2)no1. The summed E-state index contributed by atoms with van der Waals surface area (Å²) in [5.74, 6) is 0.905. The smallest absolute Gasteiger partial charge is 0.267 e. The molecule has 0 saturated heterocycles. The maximum atomic E-state index is 12.1. The second kappa shape index (κ2) is 5.28. The highest BCUT2D eigenvalue weighted by Crippen LogP contribution is 2.20. The summed E-state index contributed by atoms with van der Waals surface area (Å²) in [7, 11) is 0. The van der Waals surface area contributed by atoms with Crippen LogP contribution in [-0.2, 0) is 6.42 Å². The molecule has 0 spiro atoms. The number of aryl methyl sites for hydroxylation is 1. The third kappa shape index (κ3) is 2.71. The summed E-state index contributed by atoms with van der Waals surface area (Å²) in [4.78, 5) is 19.2. The Labute approximate surface area is 120 Å². The highest BCUT2D eigenvalue weighted by molar-refractivity contribution is 6.00. The highest BCUT2D eigenvalue weighted by Gasteiger charge is 2.11. The van der Waals surface area contributed by atoms with Gasteiger partial charge in [-0.3, -0.25) is 4.79 Å². The van der Waals surface area contributed by atoms with E-state index in [4.69, 9.17) is 10.3 Å². The van der Waals surface area contributed by atoms with Crippen LogP contribution >= 0.6 is 0 Å². The standard InChI is InChI=1S/C14H15N5O2/c1-8-17-12(19-21-8)5-6-16-14(20)11-7-9-3-2-4-10(15)13(9)18-11/h2-4,7,18H,5-6,15H2,1H3,(H,16,20). The predicted molar refractivity (Wildman–Crippen MR) is 77.8 cm³/mol. The third-order valence-corrected chi connectivity index (χ3v) is 3.14. The van der Waals surface area contributed by atoms with Crippen molar-refractivity contribution < 1.29 is 9.32 Å². The summed E-state index contributed by atoms with van der Waals surface area (Å²) in [6, 6.07) is 7.32. The molecule has 7 heteroatoms. The summed E-state index contributed by atoms with van der Waals surface area (Å²) in [5.41, 5.74) is 7.73. The Morgan fingerprint density at radius 1 is 1.48 bits per heavy atom. The number of hydrogen-bond donors (Lipinski definition) is 3. The molecular weight excluding hydrogens is 270 g/mol. The second-order valence-corrected chi connectivity index (χ2v) is 4.73. The molecule has 1 aromatic carbocycles. The molecule has 4 N–H and O–H groups in total. The predicted octanol–water partition coefficient (Wildman–Crippen LogP) is 1.41. The lowest BCUT2D eigenvalue weighted by molar-refractivity contribution is 0.0950. The number of fused-ring (bicyclic) bond motifs is 1. The van der Waals surface area contributed by atoms with Crippen LogP contribution in [0, 0.1) is 6.92 Å². The first-order valence-corrected chi connectivity index (χ1v) is 6.58. The van der Waals surface area contributed by atoms with E-state index >= 15 is 0 Å². The largest absolute Gasteiger partial charge is 0.397 e. The van der Waals surface area contributed by atoms with Crippen molar-refractivity contribution in [2.45, 2.75) is 13.3 Å². The number of nitrogens with two attached hydrogens (primary N) is 1. The summed E-state index contributed by atoms with van der Waals surface area (Å²) in [5, 5.41) is 7.49. The zero-order chi connectivity index (χ0) is 14.8. The number of aromatic amines is 1. The maximum absolute atomic E-state index is 12.1. The number of H-pyrrole nitrogens is 1. The fourth-order valence-corrected chi connectivity index (χ4v) is 2.13. The number of nitrogens with one attached hydrogen (secondary N) is 2. The van der Waals surface area contributed by atoms with Gasteiger partial charge in [0.05, 0.1) is 11.2 Å². The Bertz CT molecular complexity index is 790. The molecule has 0 fully saturated rings. The molecule has 108 valence electrons. The van der Waals surface area contributed by atoms with Crippen LogP contribution in [0.2, 0.25) is 0 Å². The van der Waals surface area contributed by atoms with Gasteiger partial charge in [0.25, 0.3) is 5.91 Å². The first-order valence-electron chi connectivity index (χ1n) is 6.58. The van der Waals surface area contributed by atoms with Crippen molar-refractivity contribution in [1.82, 2.24) is 20.4 Å². The Kier molecular flexibility index (Phi) is 3.31. The molecule has 0 atom stereocenters. The minimum absolute atomic E-state index is 0.189. The van der Waals surface area contributed by atoms with Crippen LogP contribution in [0.25, 0.3) is 10.9 Å². The van der Waals surface area contributed by atoms with Gasteiger partial charge in [-0.25, -0.2) is 0 Å². The summed E-state index contributed by atoms with van der Waals surface area (Å²) >= 11 is 0. The molecular formula is C14H15N5O2. The van der Waals surface area contributed by atoms with Gasteiger partial charge in [-0.2, -0.15) is 4.98 Å². The Morgan fingerprint density at radius 3 is 3.05 bits per heavy atom. The molecule has 0 saturated carbocycles. The summed E-state index contributed by atoms with van der Waals surface area (Å²) < 4.78 is 4.87. The Hall–Kier alpha value is -2.83. The summed E-state index contributed by atoms with van der Waals surface area (Å²) in [6.07, 6.45) is 0.519. The van der Waals surface area contributed by atoms with E-state index in [0.29, 0.717) is 36.1 Å². The normalized spacial score (nSPS) is 10.9. The van der Waals surface area contributed by atoms with Gasteiger partial charge in [0.15, 0.2) is 5.82 Å². The van der Waals surface area contributed by atoms with Crippen molar-refractivity contribution in [3.63, 3.8) is 0 Å². The van der Waals surface area contributed by atoms with Crippen LogP contribution in [0.3, 0.4) is 0 Å². The molecule has 1 amide bonds. The van der Waals surface area contributed by atoms with Gasteiger partial charge in [-0.1, -0.05) is 17.3 Å². The van der Waals surface area contributed by atoms with Crippen molar-refractivity contribution in [3.05, 3.63) is 41.7 Å². The van der Waals surface area contributed by atoms with Gasteiger partial charge >= 0.3 is 0 Å². The number of nitrogens with zero attached hydrogens (tertiary/aromatic N) is 2. The lowest BCUT2D eigenvalue weighted by Crippen LogP contribution is -2.26. The molecule has 0 radical (unpaired) electrons. The van der Waals surface area contributed by atoms with E-state index in [9.17, 15) is 4.79 Å². The van der Waals surface area contributed by atoms with Crippen LogP contribution in [-0.4, -0.2) is 27.6 Å². The third-order valence-electron chi connectivity index (χ3n) is 3.14. The molecule has 2 aromatic heterocycles. The van der Waals surface area contributed by atoms with Crippen molar-refractivity contribution in [2.75, 3.05) is 12.3 Å². The number of anilines is 1. The minimum atomic E-state index is -0.189. The number of nitrogen functional groups attached to an aromatic ring is 1. The first kappa shape index (κ1) is 13.2. The lowest BCUT2D eigenvalue weighted by atomic mass is 10.2. The van der Waals surface area contributed by atoms with Crippen molar-refractivity contribution in [3.8, 4) is 0 Å². The molecule has 0 aliphatic rings. The molecule has 21 heavy (non-hydrogen) atoms. The number of amides is 1. The maximum Gasteiger partial charge on any atom is 0.267 e. The van der Waals surface area contributed by atoms with E-state index in [-0.39, 0.29) is 5.91 Å². The number of rotatable bonds is 4. The van der Waals surface area contributed by atoms with E-state index in [1.807, 2.05) is 12.1 Å². The number of hydrogen-bond acceptors (Lipinski definition) is 5. The first-order chi connectivity index (χ1) is 10.1. The average molecular weight is 285 g/mol. The van der Waals surface area contributed by atoms with Crippen LogP contribution in [0.4, 0.5) is 5.69 Å². The van der Waals surface area contributed by atoms with Gasteiger partial charge < -0.3 is 20.6 Å². The fourth-order valence-electron chi connectivity index (χ4n) is 2.13. The van der Waals surface area contributed by atoms with E-state index in [1.54, 1.807) is 19.1 Å². The molecule has 0 aliphatic heterocycles. The zero-order valence-electron chi connectivity index (χ0n) is 11.5. The van der Waals surface area contributed by atoms with Gasteiger partial charge in [0.1, 0.15) is 5.69 Å². The van der Waals surface area contributed by atoms with E-state index in [0.717, 1.165) is 10.9 Å². The van der Waals surface area contributed by atoms with Crippen LogP contribution in [0.15, 0.2) is 28.8 Å². The number of benzene rings is 1. The van der Waals surface area contributed by atoms with Gasteiger partial charge in [0, 0.05) is 25.3 Å². The number of aromatic nitrogens is 3. The van der Waals surface area contributed by atoms with Gasteiger partial charge in [-0.05, 0) is 12.1 Å². The monoisotopic (exact) mass is 285 g/mol. The van der Waals surface area contributed by atoms with Crippen LogP contribution in [0.1, 0.15) is 22.2 Å². The van der Waals surface area contributed by atoms with E-state index in [1.165, 1.54) is 0 Å². The van der Waals surface area contributed by atoms with E-state index < -0.39 is 0 Å². The number of para-hydroxylation sites is 1. The number of carbonyl (C=O) groups is 1. The minimum Gasteiger partial charge on any atom is -0.397 e. The summed E-state index contributed by atoms with van der Waals surface area (Å²) in [6.45, 7) is 2.16. The molecule has 0 unspecified atom stereocenters. The quantitative estimate of drug-likeness (QED) is 0.628. The zero-order valence-corrected chi connectivity index (χ0v) is 11.5. The number of carbonyl (C=O) groups excluding carboxylic acids is 1. The Balaban J connectivity index is 1.65.